The molecule has 11 heteroatoms. The summed E-state index contributed by atoms with van der Waals surface area (Å²) in [5.74, 6) is -2.94. The fourth-order valence-corrected chi connectivity index (χ4v) is 1.85. The summed E-state index contributed by atoms with van der Waals surface area (Å²) in [6.45, 7) is 1.48. The first-order chi connectivity index (χ1) is 10.5. The van der Waals surface area contributed by atoms with Gasteiger partial charge in [0.25, 0.3) is 0 Å². The van der Waals surface area contributed by atoms with Crippen LogP contribution in [0, 0.1) is 0 Å². The van der Waals surface area contributed by atoms with Gasteiger partial charge in [-0.3, -0.25) is 4.79 Å². The molecular weight excluding hydrogens is 356 g/mol. The second kappa shape index (κ2) is 7.24. The first kappa shape index (κ1) is 19.3. The quantitative estimate of drug-likeness (QED) is 0.452. The van der Waals surface area contributed by atoms with Crippen LogP contribution in [-0.4, -0.2) is 23.9 Å². The van der Waals surface area contributed by atoms with E-state index in [1.54, 1.807) is 0 Å². The summed E-state index contributed by atoms with van der Waals surface area (Å²) in [6, 6.07) is 0.442. The molecule has 0 fully saturated rings. The van der Waals surface area contributed by atoms with Crippen LogP contribution in [0.2, 0.25) is 0 Å². The Hall–Kier alpha value is -1.71. The highest BCUT2D eigenvalue weighted by Crippen LogP contribution is 2.38. The van der Waals surface area contributed by atoms with Crippen LogP contribution in [0.4, 0.5) is 26.3 Å². The number of rotatable bonds is 5. The van der Waals surface area contributed by atoms with Crippen LogP contribution >= 0.6 is 11.6 Å². The van der Waals surface area contributed by atoms with Gasteiger partial charge in [-0.1, -0.05) is 0 Å². The maximum Gasteiger partial charge on any atom is 0.573 e. The van der Waals surface area contributed by atoms with Crippen molar-refractivity contribution in [3.8, 4) is 5.75 Å². The molecule has 0 bridgehead atoms. The lowest BCUT2D eigenvalue weighted by atomic mass is 10.1. The lowest BCUT2D eigenvalue weighted by Crippen LogP contribution is -2.22. The third-order valence-electron chi connectivity index (χ3n) is 2.42. The number of ether oxygens (including phenoxy) is 2. The third-order valence-corrected chi connectivity index (χ3v) is 2.67. The van der Waals surface area contributed by atoms with Gasteiger partial charge in [-0.15, -0.1) is 24.8 Å². The first-order valence-corrected chi connectivity index (χ1v) is 6.58. The molecule has 23 heavy (non-hydrogen) atoms. The van der Waals surface area contributed by atoms with Gasteiger partial charge >= 0.3 is 18.5 Å². The molecule has 0 saturated carbocycles. The van der Waals surface area contributed by atoms with Crippen LogP contribution in [0.5, 0.6) is 5.75 Å². The standard InChI is InChI=1S/C12H10ClF6NO3/c1-2-22-9(21)4-6-3-8(23-12(17,18)19)10(11(14,15)16)20-7(6)5-13/h3H,2,4-5H2,1H3. The molecule has 1 heterocycles. The van der Waals surface area contributed by atoms with E-state index in [1.807, 2.05) is 0 Å². The molecule has 0 amide bonds. The average Bonchev–Trinajstić information content (AvgIpc) is 2.35. The fraction of sp³-hybridized carbons (Fsp3) is 0.500. The Balaban J connectivity index is 3.36. The Morgan fingerprint density at radius 3 is 2.30 bits per heavy atom. The number of alkyl halides is 7. The number of aromatic nitrogens is 1. The predicted octanol–water partition coefficient (Wildman–Crippen LogP) is 3.84. The monoisotopic (exact) mass is 365 g/mol. The van der Waals surface area contributed by atoms with E-state index in [0.717, 1.165) is 0 Å². The van der Waals surface area contributed by atoms with Crippen LogP contribution in [0.1, 0.15) is 23.9 Å². The van der Waals surface area contributed by atoms with Crippen molar-refractivity contribution in [3.63, 3.8) is 0 Å². The Morgan fingerprint density at radius 2 is 1.87 bits per heavy atom. The molecule has 0 N–H and O–H groups in total. The molecule has 0 aliphatic rings. The molecule has 0 aliphatic heterocycles. The molecule has 0 aromatic carbocycles. The van der Waals surface area contributed by atoms with Crippen molar-refractivity contribution in [1.82, 2.24) is 4.98 Å². The molecular formula is C12H10ClF6NO3. The van der Waals surface area contributed by atoms with Gasteiger partial charge in [-0.05, 0) is 18.6 Å². The van der Waals surface area contributed by atoms with E-state index < -0.39 is 42.3 Å². The number of nitrogens with zero attached hydrogens (tertiary/aromatic N) is 1. The molecule has 0 aliphatic carbocycles. The van der Waals surface area contributed by atoms with Crippen LogP contribution in [0.15, 0.2) is 6.07 Å². The van der Waals surface area contributed by atoms with E-state index in [1.165, 1.54) is 6.92 Å². The molecule has 130 valence electrons. The second-order valence-corrected chi connectivity index (χ2v) is 4.37. The summed E-state index contributed by atoms with van der Waals surface area (Å²) in [5.41, 5.74) is -2.51. The van der Waals surface area contributed by atoms with Crippen molar-refractivity contribution >= 4 is 17.6 Å². The van der Waals surface area contributed by atoms with Crippen LogP contribution < -0.4 is 4.74 Å². The number of hydrogen-bond donors (Lipinski definition) is 0. The fourth-order valence-electron chi connectivity index (χ4n) is 1.61. The van der Waals surface area contributed by atoms with Gasteiger partial charge in [0.1, 0.15) is 0 Å². The van der Waals surface area contributed by atoms with Gasteiger partial charge in [0.05, 0.1) is 24.6 Å². The number of pyridine rings is 1. The summed E-state index contributed by atoms with van der Waals surface area (Å²) >= 11 is 5.46. The van der Waals surface area contributed by atoms with Gasteiger partial charge in [0, 0.05) is 0 Å². The van der Waals surface area contributed by atoms with Gasteiger partial charge in [-0.2, -0.15) is 13.2 Å². The zero-order valence-electron chi connectivity index (χ0n) is 11.5. The summed E-state index contributed by atoms with van der Waals surface area (Å²) < 4.78 is 83.2. The lowest BCUT2D eigenvalue weighted by Gasteiger charge is -2.17. The summed E-state index contributed by atoms with van der Waals surface area (Å²) in [7, 11) is 0. The predicted molar refractivity (Wildman–Crippen MR) is 65.8 cm³/mol. The van der Waals surface area contributed by atoms with Crippen molar-refractivity contribution < 1.29 is 40.6 Å². The number of carbonyl (C=O) groups excluding carboxylic acids is 1. The van der Waals surface area contributed by atoms with Gasteiger partial charge in [-0.25, -0.2) is 4.98 Å². The van der Waals surface area contributed by atoms with Crippen molar-refractivity contribution in [2.45, 2.75) is 31.8 Å². The summed E-state index contributed by atoms with van der Waals surface area (Å²) in [5, 5.41) is 0. The largest absolute Gasteiger partial charge is 0.573 e. The minimum absolute atomic E-state index is 0.00495. The van der Waals surface area contributed by atoms with Crippen LogP contribution in [0.25, 0.3) is 0 Å². The highest BCUT2D eigenvalue weighted by atomic mass is 35.5. The Morgan fingerprint density at radius 1 is 1.26 bits per heavy atom. The molecule has 0 atom stereocenters. The first-order valence-electron chi connectivity index (χ1n) is 6.05. The summed E-state index contributed by atoms with van der Waals surface area (Å²) in [4.78, 5) is 14.5. The van der Waals surface area contributed by atoms with Gasteiger partial charge in [0.15, 0.2) is 11.4 Å². The average molecular weight is 366 g/mol. The minimum Gasteiger partial charge on any atom is -0.466 e. The number of carbonyl (C=O) groups is 1. The van der Waals surface area contributed by atoms with E-state index >= 15 is 0 Å². The topological polar surface area (TPSA) is 48.4 Å². The van der Waals surface area contributed by atoms with Crippen LogP contribution in [0.3, 0.4) is 0 Å². The Bertz CT molecular complexity index is 573. The second-order valence-electron chi connectivity index (χ2n) is 4.10. The van der Waals surface area contributed by atoms with E-state index in [0.29, 0.717) is 6.07 Å². The number of esters is 1. The smallest absolute Gasteiger partial charge is 0.466 e. The van der Waals surface area contributed by atoms with Crippen molar-refractivity contribution in [1.29, 1.82) is 0 Å². The molecule has 0 radical (unpaired) electrons. The van der Waals surface area contributed by atoms with E-state index in [4.69, 9.17) is 11.6 Å². The molecule has 1 rings (SSSR count). The molecule has 4 nitrogen and oxygen atoms in total. The van der Waals surface area contributed by atoms with Crippen LogP contribution in [-0.2, 0) is 28.0 Å². The Labute approximate surface area is 131 Å². The maximum absolute atomic E-state index is 12.8. The zero-order valence-corrected chi connectivity index (χ0v) is 12.3. The highest BCUT2D eigenvalue weighted by molar-refractivity contribution is 6.17. The maximum atomic E-state index is 12.8. The third kappa shape index (κ3) is 5.77. The molecule has 1 aromatic heterocycles. The zero-order chi connectivity index (χ0) is 17.8. The van der Waals surface area contributed by atoms with Crippen molar-refractivity contribution in [2.75, 3.05) is 6.61 Å². The Kier molecular flexibility index (Phi) is 6.09. The molecule has 0 unspecified atom stereocenters. The van der Waals surface area contributed by atoms with Crippen molar-refractivity contribution in [2.24, 2.45) is 0 Å². The number of halogens is 7. The molecule has 0 saturated heterocycles. The summed E-state index contributed by atoms with van der Waals surface area (Å²) in [6.07, 6.45) is -11.1. The lowest BCUT2D eigenvalue weighted by molar-refractivity contribution is -0.276. The van der Waals surface area contributed by atoms with E-state index in [9.17, 15) is 31.1 Å². The minimum atomic E-state index is -5.36. The number of hydrogen-bond acceptors (Lipinski definition) is 4. The van der Waals surface area contributed by atoms with E-state index in [-0.39, 0.29) is 17.9 Å². The molecule has 1 aromatic rings. The van der Waals surface area contributed by atoms with Crippen molar-refractivity contribution in [3.05, 3.63) is 23.0 Å². The normalized spacial score (nSPS) is 12.2. The highest BCUT2D eigenvalue weighted by Gasteiger charge is 2.41. The SMILES string of the molecule is CCOC(=O)Cc1cc(OC(F)(F)F)c(C(F)(F)F)nc1CCl. The van der Waals surface area contributed by atoms with Gasteiger partial charge < -0.3 is 9.47 Å². The van der Waals surface area contributed by atoms with Gasteiger partial charge in [0.2, 0.25) is 0 Å². The van der Waals surface area contributed by atoms with E-state index in [2.05, 4.69) is 14.5 Å². The molecule has 0 spiro atoms.